The van der Waals surface area contributed by atoms with Crippen LogP contribution in [0.5, 0.6) is 11.6 Å². The number of nitrogens with zero attached hydrogens (tertiary/aromatic N) is 4. The lowest BCUT2D eigenvalue weighted by molar-refractivity contribution is -0.145. The maximum Gasteiger partial charge on any atom is 0.459 e. The van der Waals surface area contributed by atoms with Crippen LogP contribution in [0.3, 0.4) is 0 Å². The molecule has 3 aromatic rings. The second-order valence-electron chi connectivity index (χ2n) is 9.83. The Kier molecular flexibility index (Phi) is 8.36. The number of benzene rings is 1. The van der Waals surface area contributed by atoms with E-state index < -0.39 is 50.3 Å². The fraction of sp³-hybridized carbons (Fsp3) is 0.520. The normalized spacial score (nSPS) is 32.4. The number of carbonyl (C=O) groups excluding carboxylic acids is 1. The molecule has 216 valence electrons. The minimum Gasteiger partial charge on any atom is -0.475 e. The first kappa shape index (κ1) is 28.4. The number of hydrogen-bond acceptors (Lipinski definition) is 12. The summed E-state index contributed by atoms with van der Waals surface area (Å²) >= 11 is 0. The first-order valence-electron chi connectivity index (χ1n) is 13.0. The Morgan fingerprint density at radius 2 is 1.90 bits per heavy atom. The van der Waals surface area contributed by atoms with Crippen LogP contribution in [-0.2, 0) is 23.4 Å². The lowest BCUT2D eigenvalue weighted by Gasteiger charge is -2.26. The van der Waals surface area contributed by atoms with Gasteiger partial charge in [-0.15, -0.1) is 0 Å². The van der Waals surface area contributed by atoms with Crippen molar-refractivity contribution in [1.29, 1.82) is 0 Å². The van der Waals surface area contributed by atoms with Crippen LogP contribution in [0.2, 0.25) is 0 Å². The lowest BCUT2D eigenvalue weighted by atomic mass is 9.91. The van der Waals surface area contributed by atoms with Gasteiger partial charge in [-0.3, -0.25) is 9.32 Å². The number of fused-ring (bicyclic) bond motifs is 3. The summed E-state index contributed by atoms with van der Waals surface area (Å²) in [5.41, 5.74) is -1.14. The minimum absolute atomic E-state index is 0.162. The van der Waals surface area contributed by atoms with Crippen LogP contribution in [0, 0.1) is 0 Å². The monoisotopic (exact) mass is 577 g/mol. The SMILES string of the molecule is C[C@H]1NP(=O)(Oc2ccccc2)OC[C@H]2O[C@@H](c3cnc4c(ncnn34)OCCCCCOC1=O)[C@](C)(O)[C@@H]2O. The molecule has 4 heterocycles. The largest absolute Gasteiger partial charge is 0.475 e. The van der Waals surface area contributed by atoms with E-state index in [2.05, 4.69) is 20.2 Å². The zero-order valence-electron chi connectivity index (χ0n) is 22.1. The number of imidazole rings is 1. The predicted molar refractivity (Wildman–Crippen MR) is 139 cm³/mol. The summed E-state index contributed by atoms with van der Waals surface area (Å²) in [6.45, 7) is 2.94. The smallest absolute Gasteiger partial charge is 0.459 e. The van der Waals surface area contributed by atoms with Crippen LogP contribution in [-0.4, -0.2) is 79.4 Å². The van der Waals surface area contributed by atoms with Gasteiger partial charge in [0, 0.05) is 0 Å². The zero-order valence-corrected chi connectivity index (χ0v) is 23.0. The van der Waals surface area contributed by atoms with E-state index in [9.17, 15) is 19.6 Å². The minimum atomic E-state index is -4.21. The van der Waals surface area contributed by atoms with Crippen LogP contribution in [0.15, 0.2) is 42.9 Å². The number of cyclic esters (lactones) is 1. The van der Waals surface area contributed by atoms with Crippen LogP contribution < -0.4 is 14.3 Å². The molecule has 0 spiro atoms. The quantitative estimate of drug-likeness (QED) is 0.298. The number of nitrogens with one attached hydrogen (secondary N) is 1. The Balaban J connectivity index is 1.45. The van der Waals surface area contributed by atoms with Gasteiger partial charge >= 0.3 is 13.7 Å². The maximum atomic E-state index is 13.8. The van der Waals surface area contributed by atoms with Crippen molar-refractivity contribution in [2.24, 2.45) is 0 Å². The molecule has 14 nitrogen and oxygen atoms in total. The molecule has 1 aromatic carbocycles. The highest BCUT2D eigenvalue weighted by Crippen LogP contribution is 2.47. The molecule has 6 bridgehead atoms. The Bertz CT molecular complexity index is 1370. The molecule has 0 amide bonds. The maximum absolute atomic E-state index is 13.8. The molecule has 1 saturated heterocycles. The molecular formula is C25H32N5O9P. The van der Waals surface area contributed by atoms with Gasteiger partial charge in [0.05, 0.1) is 31.7 Å². The topological polar surface area (TPSA) is 176 Å². The van der Waals surface area contributed by atoms with Gasteiger partial charge in [-0.25, -0.2) is 14.1 Å². The average molecular weight is 578 g/mol. The van der Waals surface area contributed by atoms with Crippen molar-refractivity contribution in [2.75, 3.05) is 19.8 Å². The average Bonchev–Trinajstić information content (AvgIpc) is 3.45. The van der Waals surface area contributed by atoms with Gasteiger partial charge < -0.3 is 28.9 Å². The van der Waals surface area contributed by atoms with Gasteiger partial charge in [0.15, 0.2) is 0 Å². The fourth-order valence-corrected chi connectivity index (χ4v) is 6.03. The third kappa shape index (κ3) is 5.97. The zero-order chi connectivity index (χ0) is 28.3. The number of para-hydroxylation sites is 1. The molecule has 3 N–H and O–H groups in total. The first-order chi connectivity index (χ1) is 19.2. The molecule has 2 aliphatic rings. The van der Waals surface area contributed by atoms with Crippen molar-refractivity contribution in [3.05, 3.63) is 48.5 Å². The summed E-state index contributed by atoms with van der Waals surface area (Å²) in [6, 6.07) is 7.25. The van der Waals surface area contributed by atoms with Gasteiger partial charge in [-0.1, -0.05) is 18.2 Å². The van der Waals surface area contributed by atoms with E-state index in [1.54, 1.807) is 30.3 Å². The van der Waals surface area contributed by atoms with E-state index in [0.29, 0.717) is 37.2 Å². The molecule has 2 aromatic heterocycles. The highest BCUT2D eigenvalue weighted by atomic mass is 31.2. The second-order valence-corrected chi connectivity index (χ2v) is 11.5. The highest BCUT2D eigenvalue weighted by Gasteiger charge is 2.54. The summed E-state index contributed by atoms with van der Waals surface area (Å²) in [6.07, 6.45) is 1.05. The van der Waals surface area contributed by atoms with E-state index in [4.69, 9.17) is 23.3 Å². The molecule has 6 atom stereocenters. The number of ether oxygens (including phenoxy) is 3. The number of carbonyl (C=O) groups is 1. The van der Waals surface area contributed by atoms with Crippen molar-refractivity contribution < 1.29 is 42.8 Å². The lowest BCUT2D eigenvalue weighted by Crippen LogP contribution is -2.43. The number of hydrogen-bond donors (Lipinski definition) is 3. The first-order valence-corrected chi connectivity index (χ1v) is 14.5. The van der Waals surface area contributed by atoms with E-state index in [1.807, 2.05) is 0 Å². The Hall–Kier alpha value is -3.13. The summed E-state index contributed by atoms with van der Waals surface area (Å²) in [5, 5.41) is 29.1. The standard InChI is InChI=1S/C25H32N5O9P/c1-16-24(32)36-12-8-4-7-11-35-23-22-26-13-18(30(22)28-15-27-23)21-25(2,33)20(31)19(38-21)14-37-40(34,29-16)39-17-9-5-3-6-10-17/h3,5-6,9-10,13,15-16,19-21,31,33H,4,7-8,11-12,14H2,1-2H3,(H,29,34)/t16-,19-,20-,21+,25-,40?/m1/s1. The summed E-state index contributed by atoms with van der Waals surface area (Å²) in [5.74, 6) is -0.155. The molecule has 0 aliphatic carbocycles. The van der Waals surface area contributed by atoms with Crippen molar-refractivity contribution in [1.82, 2.24) is 24.7 Å². The van der Waals surface area contributed by atoms with Crippen molar-refractivity contribution in [2.45, 2.75) is 63.1 Å². The summed E-state index contributed by atoms with van der Waals surface area (Å²) < 4.78 is 43.8. The Labute approximate surface area is 230 Å². The molecule has 15 heteroatoms. The summed E-state index contributed by atoms with van der Waals surface area (Å²) in [7, 11) is -4.21. The number of esters is 1. The van der Waals surface area contributed by atoms with Crippen LogP contribution in [0.4, 0.5) is 0 Å². The number of aromatic nitrogens is 4. The van der Waals surface area contributed by atoms with E-state index in [-0.39, 0.29) is 18.2 Å². The molecular weight excluding hydrogens is 545 g/mol. The molecule has 5 rings (SSSR count). The van der Waals surface area contributed by atoms with E-state index in [0.717, 1.165) is 0 Å². The third-order valence-electron chi connectivity index (χ3n) is 6.71. The van der Waals surface area contributed by atoms with Gasteiger partial charge in [-0.05, 0) is 45.2 Å². The molecule has 2 aliphatic heterocycles. The van der Waals surface area contributed by atoms with Gasteiger partial charge in [-0.2, -0.15) is 15.2 Å². The molecule has 1 unspecified atom stereocenters. The number of aliphatic hydroxyl groups is 2. The number of rotatable bonds is 2. The molecule has 0 saturated carbocycles. The molecule has 1 fully saturated rings. The second kappa shape index (κ2) is 11.8. The van der Waals surface area contributed by atoms with Crippen molar-refractivity contribution in [3.63, 3.8) is 0 Å². The van der Waals surface area contributed by atoms with Crippen LogP contribution in [0.1, 0.15) is 44.9 Å². The van der Waals surface area contributed by atoms with Gasteiger partial charge in [0.1, 0.15) is 42.0 Å². The predicted octanol–water partition coefficient (Wildman–Crippen LogP) is 1.96. The van der Waals surface area contributed by atoms with Crippen molar-refractivity contribution in [3.8, 4) is 11.6 Å². The number of aliphatic hydroxyl groups excluding tert-OH is 1. The molecule has 0 radical (unpaired) electrons. The van der Waals surface area contributed by atoms with Crippen LogP contribution >= 0.6 is 7.75 Å². The Morgan fingerprint density at radius 3 is 2.67 bits per heavy atom. The van der Waals surface area contributed by atoms with Crippen LogP contribution in [0.25, 0.3) is 5.65 Å². The third-order valence-corrected chi connectivity index (χ3v) is 8.36. The molecule has 40 heavy (non-hydrogen) atoms. The van der Waals surface area contributed by atoms with Gasteiger partial charge in [0.25, 0.3) is 5.88 Å². The Morgan fingerprint density at radius 1 is 1.15 bits per heavy atom. The van der Waals surface area contributed by atoms with E-state index >= 15 is 0 Å². The van der Waals surface area contributed by atoms with Crippen molar-refractivity contribution >= 4 is 19.4 Å². The fourth-order valence-electron chi connectivity index (χ4n) is 4.53. The van der Waals surface area contributed by atoms with E-state index in [1.165, 1.54) is 30.9 Å². The summed E-state index contributed by atoms with van der Waals surface area (Å²) in [4.78, 5) is 21.1. The van der Waals surface area contributed by atoms with Gasteiger partial charge in [0.2, 0.25) is 5.65 Å². The highest BCUT2D eigenvalue weighted by molar-refractivity contribution is 7.52.